The molecular weight excluding hydrogens is 370 g/mol. The fourth-order valence-corrected chi connectivity index (χ4v) is 2.77. The summed E-state index contributed by atoms with van der Waals surface area (Å²) in [5, 5.41) is 16.1. The fourth-order valence-electron chi connectivity index (χ4n) is 2.77. The number of methoxy groups -OCH3 is 1. The van der Waals surface area contributed by atoms with Crippen LogP contribution in [0.2, 0.25) is 0 Å². The Hall–Kier alpha value is -4.20. The number of benzene rings is 3. The largest absolute Gasteiger partial charge is 0.497 e. The Morgan fingerprint density at radius 1 is 0.759 bits per heavy atom. The molecule has 0 aliphatic carbocycles. The predicted octanol–water partition coefficient (Wildman–Crippen LogP) is 3.47. The van der Waals surface area contributed by atoms with Crippen molar-refractivity contribution in [2.24, 2.45) is 0 Å². The minimum absolute atomic E-state index is 0.245. The van der Waals surface area contributed by atoms with E-state index in [1.165, 1.54) is 0 Å². The van der Waals surface area contributed by atoms with Gasteiger partial charge in [-0.3, -0.25) is 9.59 Å². The van der Waals surface area contributed by atoms with Crippen LogP contribution < -0.4 is 15.4 Å². The molecule has 2 amide bonds. The van der Waals surface area contributed by atoms with Crippen LogP contribution in [0.1, 0.15) is 20.7 Å². The Labute approximate surface area is 165 Å². The highest BCUT2D eigenvalue weighted by molar-refractivity contribution is 6.06. The number of H-pyrrole nitrogens is 1. The Morgan fingerprint density at radius 2 is 1.31 bits per heavy atom. The first-order chi connectivity index (χ1) is 14.1. The van der Waals surface area contributed by atoms with E-state index in [1.54, 1.807) is 73.8 Å². The van der Waals surface area contributed by atoms with Gasteiger partial charge in [-0.1, -0.05) is 0 Å². The van der Waals surface area contributed by atoms with Crippen LogP contribution in [0.25, 0.3) is 11.0 Å². The van der Waals surface area contributed by atoms with Crippen molar-refractivity contribution in [3.63, 3.8) is 0 Å². The van der Waals surface area contributed by atoms with Gasteiger partial charge in [-0.25, -0.2) is 0 Å². The summed E-state index contributed by atoms with van der Waals surface area (Å²) in [4.78, 5) is 24.8. The molecule has 0 atom stereocenters. The van der Waals surface area contributed by atoms with Gasteiger partial charge in [0.05, 0.1) is 7.11 Å². The second-order valence-electron chi connectivity index (χ2n) is 6.24. The average Bonchev–Trinajstić information content (AvgIpc) is 3.22. The van der Waals surface area contributed by atoms with Crippen molar-refractivity contribution < 1.29 is 14.3 Å². The number of fused-ring (bicyclic) bond motifs is 1. The third-order valence-electron chi connectivity index (χ3n) is 4.33. The van der Waals surface area contributed by atoms with Gasteiger partial charge < -0.3 is 15.4 Å². The molecule has 4 aromatic rings. The minimum Gasteiger partial charge on any atom is -0.497 e. The minimum atomic E-state index is -0.263. The van der Waals surface area contributed by atoms with Crippen molar-refractivity contribution in [3.8, 4) is 5.75 Å². The van der Waals surface area contributed by atoms with Crippen LogP contribution in [0, 0.1) is 0 Å². The number of anilines is 2. The molecule has 0 aliphatic rings. The van der Waals surface area contributed by atoms with Gasteiger partial charge in [-0.05, 0) is 66.7 Å². The van der Waals surface area contributed by atoms with Crippen LogP contribution in [0.15, 0.2) is 66.7 Å². The number of rotatable bonds is 5. The molecule has 144 valence electrons. The summed E-state index contributed by atoms with van der Waals surface area (Å²) in [6.07, 6.45) is 0. The second kappa shape index (κ2) is 7.81. The van der Waals surface area contributed by atoms with Gasteiger partial charge in [0, 0.05) is 22.5 Å². The molecule has 0 unspecified atom stereocenters. The Balaban J connectivity index is 1.41. The van der Waals surface area contributed by atoms with E-state index in [1.807, 2.05) is 0 Å². The second-order valence-corrected chi connectivity index (χ2v) is 6.24. The number of nitrogens with zero attached hydrogens (tertiary/aromatic N) is 2. The van der Waals surface area contributed by atoms with E-state index in [0.717, 1.165) is 5.52 Å². The summed E-state index contributed by atoms with van der Waals surface area (Å²) in [7, 11) is 1.57. The number of ether oxygens (including phenoxy) is 1. The maximum atomic E-state index is 12.4. The predicted molar refractivity (Wildman–Crippen MR) is 109 cm³/mol. The molecule has 0 spiro atoms. The highest BCUT2D eigenvalue weighted by Crippen LogP contribution is 2.18. The molecule has 8 heteroatoms. The van der Waals surface area contributed by atoms with E-state index in [9.17, 15) is 9.59 Å². The Kier molecular flexibility index (Phi) is 4.90. The van der Waals surface area contributed by atoms with E-state index in [-0.39, 0.29) is 11.8 Å². The molecule has 0 saturated carbocycles. The summed E-state index contributed by atoms with van der Waals surface area (Å²) in [5.74, 6) is 0.172. The van der Waals surface area contributed by atoms with E-state index in [2.05, 4.69) is 26.0 Å². The molecule has 4 rings (SSSR count). The first-order valence-electron chi connectivity index (χ1n) is 8.80. The Morgan fingerprint density at radius 3 is 1.97 bits per heavy atom. The van der Waals surface area contributed by atoms with Gasteiger partial charge in [-0.15, -0.1) is 0 Å². The molecule has 1 heterocycles. The molecule has 3 aromatic carbocycles. The topological polar surface area (TPSA) is 109 Å². The van der Waals surface area contributed by atoms with Crippen LogP contribution in [0.5, 0.6) is 5.75 Å². The molecule has 0 saturated heterocycles. The number of nitrogens with one attached hydrogen (secondary N) is 3. The Bertz CT molecular complexity index is 1170. The monoisotopic (exact) mass is 387 g/mol. The van der Waals surface area contributed by atoms with Crippen LogP contribution in [-0.2, 0) is 0 Å². The van der Waals surface area contributed by atoms with Crippen molar-refractivity contribution >= 4 is 34.2 Å². The molecular formula is C21H17N5O3. The maximum absolute atomic E-state index is 12.4. The van der Waals surface area contributed by atoms with E-state index in [4.69, 9.17) is 4.74 Å². The first-order valence-corrected chi connectivity index (χ1v) is 8.80. The van der Waals surface area contributed by atoms with Crippen LogP contribution >= 0.6 is 0 Å². The van der Waals surface area contributed by atoms with Gasteiger partial charge in [0.15, 0.2) is 0 Å². The fraction of sp³-hybridized carbons (Fsp3) is 0.0476. The molecule has 1 aromatic heterocycles. The van der Waals surface area contributed by atoms with Crippen LogP contribution in [0.4, 0.5) is 11.4 Å². The van der Waals surface area contributed by atoms with Crippen LogP contribution in [0.3, 0.4) is 0 Å². The zero-order chi connectivity index (χ0) is 20.2. The zero-order valence-electron chi connectivity index (χ0n) is 15.5. The normalized spacial score (nSPS) is 10.5. The van der Waals surface area contributed by atoms with Gasteiger partial charge >= 0.3 is 0 Å². The molecule has 0 radical (unpaired) electrons. The lowest BCUT2D eigenvalue weighted by molar-refractivity contribution is 0.102. The highest BCUT2D eigenvalue weighted by atomic mass is 16.5. The third-order valence-corrected chi connectivity index (χ3v) is 4.33. The van der Waals surface area contributed by atoms with Crippen molar-refractivity contribution in [3.05, 3.63) is 77.9 Å². The van der Waals surface area contributed by atoms with Crippen molar-refractivity contribution in [1.82, 2.24) is 15.4 Å². The number of carbonyl (C=O) groups excluding carboxylic acids is 2. The molecule has 0 fully saturated rings. The zero-order valence-corrected chi connectivity index (χ0v) is 15.5. The number of aromatic nitrogens is 3. The first kappa shape index (κ1) is 18.2. The van der Waals surface area contributed by atoms with Gasteiger partial charge in [0.2, 0.25) is 0 Å². The lowest BCUT2D eigenvalue weighted by Crippen LogP contribution is -2.13. The smallest absolute Gasteiger partial charge is 0.255 e. The molecule has 29 heavy (non-hydrogen) atoms. The van der Waals surface area contributed by atoms with E-state index in [0.29, 0.717) is 33.8 Å². The number of hydrogen-bond donors (Lipinski definition) is 3. The lowest BCUT2D eigenvalue weighted by atomic mass is 10.1. The standard InChI is InChI=1S/C21H17N5O3/c1-29-17-9-4-14(5-10-17)20(27)22-15-6-2-13(3-7-15)21(28)23-16-8-11-18-19(12-16)25-26-24-18/h2-12H,1H3,(H,22,27)(H,23,28)(H,24,25,26). The average molecular weight is 387 g/mol. The van der Waals surface area contributed by atoms with Gasteiger partial charge in [0.1, 0.15) is 16.8 Å². The lowest BCUT2D eigenvalue weighted by Gasteiger charge is -2.08. The number of aromatic amines is 1. The van der Waals surface area contributed by atoms with Gasteiger partial charge in [-0.2, -0.15) is 15.4 Å². The van der Waals surface area contributed by atoms with Crippen molar-refractivity contribution in [2.75, 3.05) is 17.7 Å². The summed E-state index contributed by atoms with van der Waals surface area (Å²) >= 11 is 0. The third kappa shape index (κ3) is 4.06. The summed E-state index contributed by atoms with van der Waals surface area (Å²) in [6.45, 7) is 0. The SMILES string of the molecule is COc1ccc(C(=O)Nc2ccc(C(=O)Nc3ccc4n[nH]nc4c3)cc2)cc1. The highest BCUT2D eigenvalue weighted by Gasteiger charge is 2.10. The maximum Gasteiger partial charge on any atom is 0.255 e. The summed E-state index contributed by atoms with van der Waals surface area (Å²) in [5.41, 5.74) is 3.57. The van der Waals surface area contributed by atoms with Crippen LogP contribution in [-0.4, -0.2) is 34.3 Å². The molecule has 0 aliphatic heterocycles. The van der Waals surface area contributed by atoms with E-state index < -0.39 is 0 Å². The summed E-state index contributed by atoms with van der Waals surface area (Å²) < 4.78 is 5.08. The van der Waals surface area contributed by atoms with Crippen molar-refractivity contribution in [2.45, 2.75) is 0 Å². The molecule has 0 bridgehead atoms. The summed E-state index contributed by atoms with van der Waals surface area (Å²) in [6, 6.07) is 18.7. The van der Waals surface area contributed by atoms with Gasteiger partial charge in [0.25, 0.3) is 11.8 Å². The quantitative estimate of drug-likeness (QED) is 0.486. The number of carbonyl (C=O) groups is 2. The number of hydrogen-bond acceptors (Lipinski definition) is 5. The van der Waals surface area contributed by atoms with E-state index >= 15 is 0 Å². The van der Waals surface area contributed by atoms with Crippen molar-refractivity contribution in [1.29, 1.82) is 0 Å². The molecule has 8 nitrogen and oxygen atoms in total. The molecule has 3 N–H and O–H groups in total. The number of amides is 2.